The molecular weight excluding hydrogens is 198 g/mol. The van der Waals surface area contributed by atoms with Gasteiger partial charge in [0, 0.05) is 6.92 Å². The molecule has 0 radical (unpaired) electrons. The third kappa shape index (κ3) is 11.3. The number of aliphatic hydroxyl groups is 1. The summed E-state index contributed by atoms with van der Waals surface area (Å²) in [7, 11) is 6.20. The molecule has 0 aromatic carbocycles. The topological polar surface area (TPSA) is 55.8 Å². The van der Waals surface area contributed by atoms with E-state index in [0.29, 0.717) is 6.61 Å². The molecule has 0 aliphatic rings. The second-order valence-corrected chi connectivity index (χ2v) is 4.55. The molecule has 0 rings (SSSR count). The predicted molar refractivity (Wildman–Crippen MR) is 56.4 cm³/mol. The van der Waals surface area contributed by atoms with Crippen molar-refractivity contribution in [3.8, 4) is 0 Å². The van der Waals surface area contributed by atoms with Gasteiger partial charge in [0.1, 0.15) is 19.3 Å². The molecule has 0 bridgehead atoms. The van der Waals surface area contributed by atoms with Crippen molar-refractivity contribution in [1.29, 1.82) is 0 Å². The molecule has 0 amide bonds. The highest BCUT2D eigenvalue weighted by Crippen LogP contribution is 1.92. The van der Waals surface area contributed by atoms with E-state index in [1.165, 1.54) is 6.92 Å². The number of ether oxygens (including phenoxy) is 2. The summed E-state index contributed by atoms with van der Waals surface area (Å²) in [6.07, 6.45) is -0.735. The Morgan fingerprint density at radius 1 is 1.33 bits per heavy atom. The molecule has 90 valence electrons. The summed E-state index contributed by atoms with van der Waals surface area (Å²) in [6.45, 7) is 2.97. The lowest BCUT2D eigenvalue weighted by Crippen LogP contribution is -2.38. The third-order valence-electron chi connectivity index (χ3n) is 1.70. The van der Waals surface area contributed by atoms with Crippen molar-refractivity contribution < 1.29 is 23.9 Å². The van der Waals surface area contributed by atoms with E-state index < -0.39 is 6.10 Å². The van der Waals surface area contributed by atoms with Crippen LogP contribution in [0.1, 0.15) is 6.92 Å². The van der Waals surface area contributed by atoms with E-state index in [1.807, 2.05) is 0 Å². The van der Waals surface area contributed by atoms with E-state index in [2.05, 4.69) is 25.9 Å². The largest absolute Gasteiger partial charge is 0.463 e. The van der Waals surface area contributed by atoms with Gasteiger partial charge in [0.2, 0.25) is 0 Å². The van der Waals surface area contributed by atoms with Crippen LogP contribution in [0.4, 0.5) is 0 Å². The average Bonchev–Trinajstić information content (AvgIpc) is 2.07. The number of hydrogen-bond acceptors (Lipinski definition) is 4. The molecule has 0 fully saturated rings. The molecule has 0 aromatic rings. The van der Waals surface area contributed by atoms with Gasteiger partial charge in [0.25, 0.3) is 0 Å². The first-order valence-electron chi connectivity index (χ1n) is 5.01. The summed E-state index contributed by atoms with van der Waals surface area (Å²) in [5, 5.41) is 9.32. The highest BCUT2D eigenvalue weighted by Gasteiger charge is 2.09. The van der Waals surface area contributed by atoms with Gasteiger partial charge in [0.05, 0.1) is 34.4 Å². The van der Waals surface area contributed by atoms with Gasteiger partial charge in [-0.2, -0.15) is 0 Å². The minimum atomic E-state index is -0.735. The fourth-order valence-electron chi connectivity index (χ4n) is 0.819. The Morgan fingerprint density at radius 2 is 1.93 bits per heavy atom. The zero-order valence-electron chi connectivity index (χ0n) is 10.0. The average molecular weight is 220 g/mol. The van der Waals surface area contributed by atoms with E-state index in [9.17, 15) is 9.90 Å². The Hall–Kier alpha value is -0.650. The molecule has 0 aromatic heterocycles. The molecule has 5 nitrogen and oxygen atoms in total. The first-order valence-corrected chi connectivity index (χ1v) is 5.01. The number of nitrogens with zero attached hydrogens (tertiary/aromatic N) is 1. The first-order chi connectivity index (χ1) is 6.81. The highest BCUT2D eigenvalue weighted by molar-refractivity contribution is 5.65. The molecule has 15 heavy (non-hydrogen) atoms. The summed E-state index contributed by atoms with van der Waals surface area (Å²) in [6, 6.07) is 0. The summed E-state index contributed by atoms with van der Waals surface area (Å²) in [4.78, 5) is 10.4. The molecule has 0 saturated heterocycles. The summed E-state index contributed by atoms with van der Waals surface area (Å²) < 4.78 is 10.7. The van der Waals surface area contributed by atoms with Crippen LogP contribution in [0.15, 0.2) is 0 Å². The van der Waals surface area contributed by atoms with Crippen LogP contribution < -0.4 is 0 Å². The van der Waals surface area contributed by atoms with Crippen LogP contribution in [0.2, 0.25) is 0 Å². The first kappa shape index (κ1) is 14.3. The van der Waals surface area contributed by atoms with Gasteiger partial charge in [-0.3, -0.25) is 4.79 Å². The number of rotatable bonds is 7. The Labute approximate surface area is 91.2 Å². The Kier molecular flexibility index (Phi) is 6.47. The van der Waals surface area contributed by atoms with Crippen molar-refractivity contribution in [2.75, 3.05) is 47.5 Å². The second kappa shape index (κ2) is 6.76. The highest BCUT2D eigenvalue weighted by atomic mass is 16.5. The quantitative estimate of drug-likeness (QED) is 0.361. The summed E-state index contributed by atoms with van der Waals surface area (Å²) in [5.41, 5.74) is 0. The van der Waals surface area contributed by atoms with Gasteiger partial charge in [-0.1, -0.05) is 0 Å². The lowest BCUT2D eigenvalue weighted by atomic mass is 10.4. The van der Waals surface area contributed by atoms with Crippen LogP contribution >= 0.6 is 0 Å². The van der Waals surface area contributed by atoms with Gasteiger partial charge < -0.3 is 19.1 Å². The molecule has 1 atom stereocenters. The zero-order valence-corrected chi connectivity index (χ0v) is 10.0. The zero-order chi connectivity index (χ0) is 11.9. The standard InChI is InChI=1S/C10H22NO4/c1-9(12)15-8-10(13)7-14-6-5-11(2,3)4/h10,13H,5-8H2,1-4H3/q+1. The van der Waals surface area contributed by atoms with Gasteiger partial charge in [0.15, 0.2) is 0 Å². The third-order valence-corrected chi connectivity index (χ3v) is 1.70. The normalized spacial score (nSPS) is 13.7. The van der Waals surface area contributed by atoms with Crippen LogP contribution in [-0.2, 0) is 14.3 Å². The van der Waals surface area contributed by atoms with Crippen LogP contribution in [0.25, 0.3) is 0 Å². The number of carbonyl (C=O) groups is 1. The number of likely N-dealkylation sites (N-methyl/N-ethyl adjacent to an activating group) is 1. The summed E-state index contributed by atoms with van der Waals surface area (Å²) >= 11 is 0. The molecule has 1 unspecified atom stereocenters. The van der Waals surface area contributed by atoms with Gasteiger partial charge in [-0.25, -0.2) is 0 Å². The van der Waals surface area contributed by atoms with Gasteiger partial charge in [-0.05, 0) is 0 Å². The monoisotopic (exact) mass is 220 g/mol. The Bertz CT molecular complexity index is 188. The van der Waals surface area contributed by atoms with Crippen LogP contribution in [-0.4, -0.2) is 69.2 Å². The SMILES string of the molecule is CC(=O)OCC(O)COCC[N+](C)(C)C. The van der Waals surface area contributed by atoms with Gasteiger partial charge >= 0.3 is 5.97 Å². The van der Waals surface area contributed by atoms with Crippen molar-refractivity contribution in [2.45, 2.75) is 13.0 Å². The molecule has 0 spiro atoms. The van der Waals surface area contributed by atoms with Crippen LogP contribution in [0.5, 0.6) is 0 Å². The maximum atomic E-state index is 10.4. The van der Waals surface area contributed by atoms with E-state index in [0.717, 1.165) is 11.0 Å². The summed E-state index contributed by atoms with van der Waals surface area (Å²) in [5.74, 6) is -0.389. The fraction of sp³-hybridized carbons (Fsp3) is 0.900. The number of quaternary nitrogens is 1. The molecule has 5 heteroatoms. The number of esters is 1. The minimum absolute atomic E-state index is 0.000289. The minimum Gasteiger partial charge on any atom is -0.463 e. The predicted octanol–water partition coefficient (Wildman–Crippen LogP) is -0.367. The molecular formula is C10H22NO4+. The van der Waals surface area contributed by atoms with E-state index >= 15 is 0 Å². The van der Waals surface area contributed by atoms with Crippen LogP contribution in [0.3, 0.4) is 0 Å². The second-order valence-electron chi connectivity index (χ2n) is 4.55. The van der Waals surface area contributed by atoms with E-state index in [1.54, 1.807) is 0 Å². The maximum absolute atomic E-state index is 10.4. The van der Waals surface area contributed by atoms with E-state index in [-0.39, 0.29) is 19.2 Å². The molecule has 0 heterocycles. The molecule has 0 saturated carbocycles. The molecule has 0 aliphatic carbocycles. The Morgan fingerprint density at radius 3 is 2.40 bits per heavy atom. The van der Waals surface area contributed by atoms with E-state index in [4.69, 9.17) is 4.74 Å². The van der Waals surface area contributed by atoms with Crippen LogP contribution in [0, 0.1) is 0 Å². The van der Waals surface area contributed by atoms with Crippen molar-refractivity contribution in [3.63, 3.8) is 0 Å². The number of aliphatic hydroxyl groups excluding tert-OH is 1. The van der Waals surface area contributed by atoms with Crippen molar-refractivity contribution in [2.24, 2.45) is 0 Å². The number of hydrogen-bond donors (Lipinski definition) is 1. The maximum Gasteiger partial charge on any atom is 0.302 e. The van der Waals surface area contributed by atoms with Crippen molar-refractivity contribution in [3.05, 3.63) is 0 Å². The van der Waals surface area contributed by atoms with Crippen molar-refractivity contribution in [1.82, 2.24) is 0 Å². The fourth-order valence-corrected chi connectivity index (χ4v) is 0.819. The Balaban J connectivity index is 3.39. The number of carbonyl (C=O) groups excluding carboxylic acids is 1. The smallest absolute Gasteiger partial charge is 0.302 e. The lowest BCUT2D eigenvalue weighted by molar-refractivity contribution is -0.870. The lowest BCUT2D eigenvalue weighted by Gasteiger charge is -2.23. The van der Waals surface area contributed by atoms with Gasteiger partial charge in [-0.15, -0.1) is 0 Å². The van der Waals surface area contributed by atoms with Crippen molar-refractivity contribution >= 4 is 5.97 Å². The molecule has 1 N–H and O–H groups in total. The molecule has 0 aliphatic heterocycles.